The molecule has 2 heteroatoms. The van der Waals surface area contributed by atoms with Gasteiger partial charge in [-0.3, -0.25) is 0 Å². The molecule has 0 bridgehead atoms. The number of hydrogen-bond acceptors (Lipinski definition) is 1. The molecule has 15 heavy (non-hydrogen) atoms. The highest BCUT2D eigenvalue weighted by Gasteiger charge is 2.20. The number of hydrogen-bond donors (Lipinski definition) is 1. The van der Waals surface area contributed by atoms with Gasteiger partial charge in [-0.25, -0.2) is 4.79 Å². The van der Waals surface area contributed by atoms with Crippen molar-refractivity contribution in [1.29, 1.82) is 0 Å². The van der Waals surface area contributed by atoms with Gasteiger partial charge >= 0.3 is 5.97 Å². The molecule has 1 aliphatic carbocycles. The molecular weight excluding hydrogens is 188 g/mol. The Balaban J connectivity index is 2.67. The number of carboxylic acids is 1. The average Bonchev–Trinajstić information content (AvgIpc) is 2.20. The van der Waals surface area contributed by atoms with E-state index in [1.807, 2.05) is 13.0 Å². The zero-order chi connectivity index (χ0) is 11.3. The number of carbonyl (C=O) groups is 1. The summed E-state index contributed by atoms with van der Waals surface area (Å²) < 4.78 is 0. The van der Waals surface area contributed by atoms with Crippen LogP contribution >= 0.6 is 0 Å². The maximum Gasteiger partial charge on any atom is 0.331 e. The summed E-state index contributed by atoms with van der Waals surface area (Å²) >= 11 is 0. The molecule has 2 atom stereocenters. The average molecular weight is 210 g/mol. The second-order valence-electron chi connectivity index (χ2n) is 4.67. The van der Waals surface area contributed by atoms with Crippen LogP contribution in [-0.2, 0) is 4.79 Å². The Bertz CT molecular complexity index is 243. The summed E-state index contributed by atoms with van der Waals surface area (Å²) in [5.41, 5.74) is 0.622. The summed E-state index contributed by atoms with van der Waals surface area (Å²) in [6, 6.07) is 0. The first-order valence-electron chi connectivity index (χ1n) is 6.09. The van der Waals surface area contributed by atoms with Crippen LogP contribution in [0.5, 0.6) is 0 Å². The zero-order valence-electron chi connectivity index (χ0n) is 9.83. The zero-order valence-corrected chi connectivity index (χ0v) is 9.83. The van der Waals surface area contributed by atoms with Gasteiger partial charge in [-0.1, -0.05) is 45.6 Å². The number of rotatable bonds is 4. The second-order valence-corrected chi connectivity index (χ2v) is 4.67. The molecule has 1 N–H and O–H groups in total. The fourth-order valence-corrected chi connectivity index (χ4v) is 2.38. The fraction of sp³-hybridized carbons (Fsp3) is 0.769. The largest absolute Gasteiger partial charge is 0.478 e. The van der Waals surface area contributed by atoms with E-state index in [4.69, 9.17) is 5.11 Å². The van der Waals surface area contributed by atoms with E-state index >= 15 is 0 Å². The van der Waals surface area contributed by atoms with Crippen molar-refractivity contribution < 1.29 is 9.90 Å². The predicted molar refractivity (Wildman–Crippen MR) is 61.7 cm³/mol. The standard InChI is InChI=1S/C13H22O2/c1-3-6-12(13(14)15)9-11-8-5-4-7-10(11)2/h9-11H,3-8H2,1-2H3,(H,14,15). The van der Waals surface area contributed by atoms with Crippen LogP contribution in [0.4, 0.5) is 0 Å². The smallest absolute Gasteiger partial charge is 0.331 e. The highest BCUT2D eigenvalue weighted by molar-refractivity contribution is 5.86. The summed E-state index contributed by atoms with van der Waals surface area (Å²) in [6.45, 7) is 4.27. The maximum atomic E-state index is 11.0. The summed E-state index contributed by atoms with van der Waals surface area (Å²) in [6.07, 6.45) is 8.63. The van der Waals surface area contributed by atoms with Crippen molar-refractivity contribution in [3.63, 3.8) is 0 Å². The molecule has 0 aromatic heterocycles. The van der Waals surface area contributed by atoms with E-state index in [2.05, 4.69) is 6.92 Å². The van der Waals surface area contributed by atoms with Crippen molar-refractivity contribution in [1.82, 2.24) is 0 Å². The third kappa shape index (κ3) is 3.69. The third-order valence-electron chi connectivity index (χ3n) is 3.39. The quantitative estimate of drug-likeness (QED) is 0.719. The molecule has 1 rings (SSSR count). The van der Waals surface area contributed by atoms with Gasteiger partial charge in [0.1, 0.15) is 0 Å². The predicted octanol–water partition coefficient (Wildman–Crippen LogP) is 3.62. The SMILES string of the molecule is CCCC(=CC1CCCCC1C)C(=O)O. The molecule has 86 valence electrons. The van der Waals surface area contributed by atoms with E-state index in [0.717, 1.165) is 6.42 Å². The second kappa shape index (κ2) is 5.94. The Kier molecular flexibility index (Phi) is 4.86. The molecule has 0 saturated heterocycles. The van der Waals surface area contributed by atoms with Gasteiger partial charge in [0, 0.05) is 5.57 Å². The summed E-state index contributed by atoms with van der Waals surface area (Å²) in [7, 11) is 0. The van der Waals surface area contributed by atoms with Crippen LogP contribution in [0, 0.1) is 11.8 Å². The minimum Gasteiger partial charge on any atom is -0.478 e. The van der Waals surface area contributed by atoms with Gasteiger partial charge in [0.25, 0.3) is 0 Å². The van der Waals surface area contributed by atoms with Crippen LogP contribution in [0.1, 0.15) is 52.4 Å². The van der Waals surface area contributed by atoms with Crippen LogP contribution in [-0.4, -0.2) is 11.1 Å². The Morgan fingerprint density at radius 1 is 1.40 bits per heavy atom. The lowest BCUT2D eigenvalue weighted by Crippen LogP contribution is -2.16. The summed E-state index contributed by atoms with van der Waals surface area (Å²) in [5.74, 6) is 0.427. The first kappa shape index (κ1) is 12.3. The lowest BCUT2D eigenvalue weighted by atomic mass is 9.79. The third-order valence-corrected chi connectivity index (χ3v) is 3.39. The summed E-state index contributed by atoms with van der Waals surface area (Å²) in [5, 5.41) is 9.05. The van der Waals surface area contributed by atoms with Gasteiger partial charge in [0.2, 0.25) is 0 Å². The van der Waals surface area contributed by atoms with Crippen LogP contribution < -0.4 is 0 Å². The molecule has 0 amide bonds. The minimum absolute atomic E-state index is 0.497. The molecule has 0 aliphatic heterocycles. The number of allylic oxidation sites excluding steroid dienone is 1. The molecule has 0 spiro atoms. The van der Waals surface area contributed by atoms with E-state index in [9.17, 15) is 4.79 Å². The molecule has 0 radical (unpaired) electrons. The van der Waals surface area contributed by atoms with Crippen molar-refractivity contribution in [2.75, 3.05) is 0 Å². The van der Waals surface area contributed by atoms with Gasteiger partial charge in [-0.15, -0.1) is 0 Å². The van der Waals surface area contributed by atoms with Crippen LogP contribution in [0.2, 0.25) is 0 Å². The Morgan fingerprint density at radius 3 is 2.60 bits per heavy atom. The van der Waals surface area contributed by atoms with Gasteiger partial charge in [-0.2, -0.15) is 0 Å². The molecule has 2 unspecified atom stereocenters. The van der Waals surface area contributed by atoms with Gasteiger partial charge < -0.3 is 5.11 Å². The maximum absolute atomic E-state index is 11.0. The van der Waals surface area contributed by atoms with Crippen molar-refractivity contribution in [2.45, 2.75) is 52.4 Å². The highest BCUT2D eigenvalue weighted by Crippen LogP contribution is 2.31. The van der Waals surface area contributed by atoms with E-state index < -0.39 is 5.97 Å². The van der Waals surface area contributed by atoms with E-state index in [0.29, 0.717) is 23.8 Å². The first-order chi connectivity index (χ1) is 7.15. The molecule has 1 aliphatic rings. The monoisotopic (exact) mass is 210 g/mol. The lowest BCUT2D eigenvalue weighted by molar-refractivity contribution is -0.132. The Morgan fingerprint density at radius 2 is 2.07 bits per heavy atom. The molecule has 0 aromatic carbocycles. The van der Waals surface area contributed by atoms with E-state index in [-0.39, 0.29) is 0 Å². The molecule has 2 nitrogen and oxygen atoms in total. The molecule has 0 aromatic rings. The Hall–Kier alpha value is -0.790. The number of aliphatic carboxylic acids is 1. The van der Waals surface area contributed by atoms with E-state index in [1.54, 1.807) is 0 Å². The van der Waals surface area contributed by atoms with E-state index in [1.165, 1.54) is 25.7 Å². The summed E-state index contributed by atoms with van der Waals surface area (Å²) in [4.78, 5) is 11.0. The van der Waals surface area contributed by atoms with Crippen molar-refractivity contribution >= 4 is 5.97 Å². The highest BCUT2D eigenvalue weighted by atomic mass is 16.4. The van der Waals surface area contributed by atoms with Crippen LogP contribution in [0.15, 0.2) is 11.6 Å². The van der Waals surface area contributed by atoms with Gasteiger partial charge in [0.05, 0.1) is 0 Å². The topological polar surface area (TPSA) is 37.3 Å². The van der Waals surface area contributed by atoms with Crippen LogP contribution in [0.25, 0.3) is 0 Å². The molecule has 0 heterocycles. The Labute approximate surface area is 92.4 Å². The van der Waals surface area contributed by atoms with Crippen LogP contribution in [0.3, 0.4) is 0 Å². The minimum atomic E-state index is -0.727. The fourth-order valence-electron chi connectivity index (χ4n) is 2.38. The molecular formula is C13H22O2. The van der Waals surface area contributed by atoms with Gasteiger partial charge in [0.15, 0.2) is 0 Å². The first-order valence-corrected chi connectivity index (χ1v) is 6.09. The molecule has 1 fully saturated rings. The van der Waals surface area contributed by atoms with Crippen molar-refractivity contribution in [2.24, 2.45) is 11.8 Å². The van der Waals surface area contributed by atoms with Crippen molar-refractivity contribution in [3.8, 4) is 0 Å². The lowest BCUT2D eigenvalue weighted by Gasteiger charge is -2.26. The van der Waals surface area contributed by atoms with Gasteiger partial charge in [-0.05, 0) is 24.7 Å². The van der Waals surface area contributed by atoms with Crippen molar-refractivity contribution in [3.05, 3.63) is 11.6 Å². The normalized spacial score (nSPS) is 27.7. The molecule has 1 saturated carbocycles. The number of carboxylic acid groups (broad SMARTS) is 1.